The molecule has 3 atom stereocenters. The van der Waals surface area contributed by atoms with Gasteiger partial charge in [-0.1, -0.05) is 30.3 Å². The van der Waals surface area contributed by atoms with Crippen LogP contribution < -0.4 is 16.4 Å². The predicted octanol–water partition coefficient (Wildman–Crippen LogP) is -0.837. The van der Waals surface area contributed by atoms with E-state index in [0.717, 1.165) is 5.56 Å². The number of hydrogen-bond acceptors (Lipinski definition) is 6. The molecule has 3 amide bonds. The molecule has 0 bridgehead atoms. The van der Waals surface area contributed by atoms with E-state index in [1.807, 2.05) is 30.3 Å². The first-order valence-electron chi connectivity index (χ1n) is 9.34. The fourth-order valence-corrected chi connectivity index (χ4v) is 3.36. The number of rotatable bonds is 9. The number of nitrogens with zero attached hydrogens (tertiary/aromatic N) is 1. The Morgan fingerprint density at radius 2 is 1.93 bits per heavy atom. The topological polar surface area (TPSA) is 142 Å². The molecule has 2 rings (SSSR count). The molecule has 0 radical (unpaired) electrons. The minimum atomic E-state index is -1.16. The van der Waals surface area contributed by atoms with Crippen molar-refractivity contribution in [2.45, 2.75) is 37.4 Å². The number of likely N-dealkylation sites (tertiary alicyclic amines) is 1. The van der Waals surface area contributed by atoms with Crippen LogP contribution in [0.15, 0.2) is 30.3 Å². The van der Waals surface area contributed by atoms with Gasteiger partial charge in [0.25, 0.3) is 0 Å². The first kappa shape index (κ1) is 22.7. The van der Waals surface area contributed by atoms with Gasteiger partial charge in [-0.15, -0.1) is 0 Å². The van der Waals surface area contributed by atoms with Crippen LogP contribution in [-0.4, -0.2) is 70.7 Å². The second-order valence-electron chi connectivity index (χ2n) is 6.84. The van der Waals surface area contributed by atoms with Gasteiger partial charge in [-0.25, -0.2) is 0 Å². The smallest absolute Gasteiger partial charge is 0.322 e. The Kier molecular flexibility index (Phi) is 8.47. The molecule has 29 heavy (non-hydrogen) atoms. The number of carbonyl (C=O) groups is 4. The number of hydrogen-bond donors (Lipinski definition) is 5. The zero-order chi connectivity index (χ0) is 21.4. The van der Waals surface area contributed by atoms with E-state index in [2.05, 4.69) is 23.3 Å². The molecule has 1 heterocycles. The largest absolute Gasteiger partial charge is 0.480 e. The van der Waals surface area contributed by atoms with Crippen LogP contribution in [0.2, 0.25) is 0 Å². The van der Waals surface area contributed by atoms with Gasteiger partial charge in [-0.2, -0.15) is 12.6 Å². The Balaban J connectivity index is 2.16. The van der Waals surface area contributed by atoms with Gasteiger partial charge >= 0.3 is 5.97 Å². The molecular weight excluding hydrogens is 396 g/mol. The number of carboxylic acids is 1. The summed E-state index contributed by atoms with van der Waals surface area (Å²) in [4.78, 5) is 49.9. The van der Waals surface area contributed by atoms with Gasteiger partial charge in [0.15, 0.2) is 0 Å². The van der Waals surface area contributed by atoms with Gasteiger partial charge < -0.3 is 26.4 Å². The number of nitrogens with two attached hydrogens (primary N) is 1. The molecule has 0 aliphatic carbocycles. The molecule has 10 heteroatoms. The molecule has 3 unspecified atom stereocenters. The van der Waals surface area contributed by atoms with E-state index in [1.165, 1.54) is 4.90 Å². The summed E-state index contributed by atoms with van der Waals surface area (Å²) < 4.78 is 0. The molecule has 0 saturated carbocycles. The number of thiol groups is 1. The van der Waals surface area contributed by atoms with Gasteiger partial charge in [-0.05, 0) is 18.4 Å². The van der Waals surface area contributed by atoms with Crippen molar-refractivity contribution in [1.29, 1.82) is 0 Å². The van der Waals surface area contributed by atoms with Crippen LogP contribution in [-0.2, 0) is 25.6 Å². The van der Waals surface area contributed by atoms with Crippen molar-refractivity contribution in [2.24, 2.45) is 5.73 Å². The van der Waals surface area contributed by atoms with Gasteiger partial charge in [0, 0.05) is 18.7 Å². The van der Waals surface area contributed by atoms with Crippen molar-refractivity contribution in [3.05, 3.63) is 35.9 Å². The van der Waals surface area contributed by atoms with E-state index in [4.69, 9.17) is 10.8 Å². The third-order valence-corrected chi connectivity index (χ3v) is 5.08. The minimum absolute atomic E-state index is 0.127. The molecule has 158 valence electrons. The van der Waals surface area contributed by atoms with Gasteiger partial charge in [-0.3, -0.25) is 19.2 Å². The minimum Gasteiger partial charge on any atom is -0.480 e. The maximum Gasteiger partial charge on any atom is 0.322 e. The molecule has 1 aliphatic heterocycles. The Labute approximate surface area is 174 Å². The van der Waals surface area contributed by atoms with Crippen LogP contribution in [0.1, 0.15) is 18.4 Å². The van der Waals surface area contributed by atoms with Crippen LogP contribution >= 0.6 is 12.6 Å². The van der Waals surface area contributed by atoms with Crippen molar-refractivity contribution in [3.8, 4) is 0 Å². The molecule has 9 nitrogen and oxygen atoms in total. The lowest BCUT2D eigenvalue weighted by molar-refractivity contribution is -0.142. The molecule has 1 saturated heterocycles. The van der Waals surface area contributed by atoms with Gasteiger partial charge in [0.2, 0.25) is 17.7 Å². The Morgan fingerprint density at radius 1 is 1.24 bits per heavy atom. The number of benzene rings is 1. The molecule has 1 aliphatic rings. The Morgan fingerprint density at radius 3 is 2.55 bits per heavy atom. The molecule has 1 aromatic carbocycles. The zero-order valence-corrected chi connectivity index (χ0v) is 16.8. The van der Waals surface area contributed by atoms with Crippen LogP contribution in [0.4, 0.5) is 0 Å². The lowest BCUT2D eigenvalue weighted by Gasteiger charge is -2.29. The van der Waals surface area contributed by atoms with E-state index in [9.17, 15) is 19.2 Å². The quantitative estimate of drug-likeness (QED) is 0.329. The molecule has 1 fully saturated rings. The first-order valence-corrected chi connectivity index (χ1v) is 9.97. The third kappa shape index (κ3) is 6.47. The second-order valence-corrected chi connectivity index (χ2v) is 7.21. The molecular formula is C19H26N4O5S. The second kappa shape index (κ2) is 10.8. The highest BCUT2D eigenvalue weighted by Crippen LogP contribution is 2.20. The molecule has 0 aromatic heterocycles. The SMILES string of the molecule is NC(CS)C(=O)NC(Cc1ccccc1)C(=O)N1CCCC1C(=O)NCC(=O)O. The summed E-state index contributed by atoms with van der Waals surface area (Å²) in [6, 6.07) is 6.65. The van der Waals surface area contributed by atoms with Crippen LogP contribution in [0.5, 0.6) is 0 Å². The van der Waals surface area contributed by atoms with E-state index >= 15 is 0 Å². The maximum atomic E-state index is 13.2. The highest BCUT2D eigenvalue weighted by atomic mass is 32.1. The summed E-state index contributed by atoms with van der Waals surface area (Å²) >= 11 is 4.01. The number of carbonyl (C=O) groups excluding carboxylic acids is 3. The summed E-state index contributed by atoms with van der Waals surface area (Å²) in [6.07, 6.45) is 1.28. The lowest BCUT2D eigenvalue weighted by Crippen LogP contribution is -2.56. The van der Waals surface area contributed by atoms with E-state index < -0.39 is 48.4 Å². The summed E-state index contributed by atoms with van der Waals surface area (Å²) in [7, 11) is 0. The van der Waals surface area contributed by atoms with E-state index in [0.29, 0.717) is 19.4 Å². The third-order valence-electron chi connectivity index (χ3n) is 4.68. The number of amides is 3. The summed E-state index contributed by atoms with van der Waals surface area (Å²) in [5, 5.41) is 13.7. The maximum absolute atomic E-state index is 13.2. The van der Waals surface area contributed by atoms with Crippen molar-refractivity contribution in [3.63, 3.8) is 0 Å². The average molecular weight is 423 g/mol. The molecule has 5 N–H and O–H groups in total. The molecule has 0 spiro atoms. The fraction of sp³-hybridized carbons (Fsp3) is 0.474. The predicted molar refractivity (Wildman–Crippen MR) is 109 cm³/mol. The average Bonchev–Trinajstić information content (AvgIpc) is 3.20. The Hall–Kier alpha value is -2.59. The number of carboxylic acid groups (broad SMARTS) is 1. The zero-order valence-electron chi connectivity index (χ0n) is 15.9. The summed E-state index contributed by atoms with van der Waals surface area (Å²) in [6.45, 7) is -0.165. The number of nitrogens with one attached hydrogen (secondary N) is 2. The first-order chi connectivity index (χ1) is 13.8. The van der Waals surface area contributed by atoms with Crippen molar-refractivity contribution in [1.82, 2.24) is 15.5 Å². The monoisotopic (exact) mass is 422 g/mol. The van der Waals surface area contributed by atoms with Gasteiger partial charge in [0.05, 0.1) is 6.04 Å². The highest BCUT2D eigenvalue weighted by molar-refractivity contribution is 7.80. The number of aliphatic carboxylic acids is 1. The lowest BCUT2D eigenvalue weighted by atomic mass is 10.0. The van der Waals surface area contributed by atoms with Crippen molar-refractivity contribution in [2.75, 3.05) is 18.8 Å². The molecule has 1 aromatic rings. The van der Waals surface area contributed by atoms with Crippen molar-refractivity contribution < 1.29 is 24.3 Å². The van der Waals surface area contributed by atoms with Crippen molar-refractivity contribution >= 4 is 36.3 Å². The Bertz CT molecular complexity index is 745. The van der Waals surface area contributed by atoms with Gasteiger partial charge in [0.1, 0.15) is 18.6 Å². The standard InChI is InChI=1S/C19H26N4O5S/c20-13(11-29)17(26)22-14(9-12-5-2-1-3-6-12)19(28)23-8-4-7-15(23)18(27)21-10-16(24)25/h1-3,5-6,13-15,29H,4,7-11,20H2,(H,21,27)(H,22,26)(H,24,25). The van der Waals surface area contributed by atoms with Crippen LogP contribution in [0.25, 0.3) is 0 Å². The summed E-state index contributed by atoms with van der Waals surface area (Å²) in [5.41, 5.74) is 6.57. The normalized spacial score (nSPS) is 18.0. The van der Waals surface area contributed by atoms with Crippen LogP contribution in [0, 0.1) is 0 Å². The van der Waals surface area contributed by atoms with E-state index in [1.54, 1.807) is 0 Å². The highest BCUT2D eigenvalue weighted by Gasteiger charge is 2.38. The van der Waals surface area contributed by atoms with E-state index in [-0.39, 0.29) is 12.2 Å². The van der Waals surface area contributed by atoms with Crippen LogP contribution in [0.3, 0.4) is 0 Å². The fourth-order valence-electron chi connectivity index (χ4n) is 3.20. The summed E-state index contributed by atoms with van der Waals surface area (Å²) in [5.74, 6) is -2.46.